The van der Waals surface area contributed by atoms with Crippen LogP contribution in [0, 0.1) is 0 Å². The molecule has 0 saturated carbocycles. The van der Waals surface area contributed by atoms with Crippen LogP contribution in [0.5, 0.6) is 0 Å². The van der Waals surface area contributed by atoms with E-state index in [1.807, 2.05) is 24.3 Å². The maximum Gasteiger partial charge on any atom is 0.191 e. The number of hydrogen-bond donors (Lipinski definition) is 1. The van der Waals surface area contributed by atoms with E-state index in [9.17, 15) is 4.79 Å². The van der Waals surface area contributed by atoms with E-state index >= 15 is 0 Å². The second kappa shape index (κ2) is 3.27. The third-order valence-corrected chi connectivity index (χ3v) is 2.28. The van der Waals surface area contributed by atoms with Gasteiger partial charge in [0.05, 0.1) is 0 Å². The molecular formula is C11H11NO2. The van der Waals surface area contributed by atoms with E-state index in [0.717, 1.165) is 16.2 Å². The molecule has 0 aliphatic heterocycles. The van der Waals surface area contributed by atoms with Crippen molar-refractivity contribution >= 4 is 5.78 Å². The van der Waals surface area contributed by atoms with Crippen LogP contribution in [-0.4, -0.2) is 23.1 Å². The molecule has 2 rings (SSSR count). The number of carbonyl (C=O) groups is 1. The SMILES string of the molecule is CN(O)/C=C1\Cc2ccccc2C1=O. The molecule has 0 bridgehead atoms. The highest BCUT2D eigenvalue weighted by atomic mass is 16.5. The summed E-state index contributed by atoms with van der Waals surface area (Å²) in [6, 6.07) is 7.52. The summed E-state index contributed by atoms with van der Waals surface area (Å²) in [5.74, 6) is 0.0153. The molecule has 0 fully saturated rings. The minimum atomic E-state index is 0.0153. The van der Waals surface area contributed by atoms with E-state index in [1.165, 1.54) is 13.2 Å². The average Bonchev–Trinajstić information content (AvgIpc) is 2.44. The number of fused-ring (bicyclic) bond motifs is 1. The number of ketones is 1. The fourth-order valence-electron chi connectivity index (χ4n) is 1.68. The summed E-state index contributed by atoms with van der Waals surface area (Å²) in [4.78, 5) is 11.7. The lowest BCUT2D eigenvalue weighted by Crippen LogP contribution is -2.06. The molecule has 1 aromatic carbocycles. The Morgan fingerprint density at radius 1 is 1.43 bits per heavy atom. The highest BCUT2D eigenvalue weighted by molar-refractivity contribution is 6.13. The number of carbonyl (C=O) groups excluding carboxylic acids is 1. The molecule has 1 aliphatic rings. The van der Waals surface area contributed by atoms with Gasteiger partial charge in [0.1, 0.15) is 0 Å². The second-order valence-electron chi connectivity index (χ2n) is 3.39. The number of Topliss-reactive ketones (excluding diaryl/α,β-unsaturated/α-hetero) is 1. The lowest BCUT2D eigenvalue weighted by atomic mass is 10.1. The lowest BCUT2D eigenvalue weighted by Gasteiger charge is -2.03. The van der Waals surface area contributed by atoms with Crippen LogP contribution < -0.4 is 0 Å². The summed E-state index contributed by atoms with van der Waals surface area (Å²) >= 11 is 0. The van der Waals surface area contributed by atoms with E-state index < -0.39 is 0 Å². The van der Waals surface area contributed by atoms with Gasteiger partial charge in [0.2, 0.25) is 0 Å². The Bertz CT molecular complexity index is 408. The van der Waals surface area contributed by atoms with Gasteiger partial charge in [-0.15, -0.1) is 0 Å². The highest BCUT2D eigenvalue weighted by Gasteiger charge is 2.24. The van der Waals surface area contributed by atoms with Gasteiger partial charge < -0.3 is 0 Å². The fourth-order valence-corrected chi connectivity index (χ4v) is 1.68. The van der Waals surface area contributed by atoms with Crippen LogP contribution in [0.4, 0.5) is 0 Å². The normalized spacial score (nSPS) is 17.3. The molecule has 0 radical (unpaired) electrons. The predicted octanol–water partition coefficient (Wildman–Crippen LogP) is 1.63. The van der Waals surface area contributed by atoms with E-state index in [2.05, 4.69) is 0 Å². The highest BCUT2D eigenvalue weighted by Crippen LogP contribution is 2.25. The molecule has 0 amide bonds. The zero-order valence-electron chi connectivity index (χ0n) is 7.90. The minimum Gasteiger partial charge on any atom is -0.289 e. The molecule has 0 spiro atoms. The number of benzene rings is 1. The topological polar surface area (TPSA) is 40.5 Å². The molecule has 3 heteroatoms. The molecular weight excluding hydrogens is 178 g/mol. The van der Waals surface area contributed by atoms with Gasteiger partial charge in [0.15, 0.2) is 5.78 Å². The third-order valence-electron chi connectivity index (χ3n) is 2.28. The van der Waals surface area contributed by atoms with Crippen LogP contribution in [-0.2, 0) is 6.42 Å². The van der Waals surface area contributed by atoms with E-state index in [0.29, 0.717) is 12.0 Å². The van der Waals surface area contributed by atoms with Crippen molar-refractivity contribution in [1.29, 1.82) is 0 Å². The molecule has 1 N–H and O–H groups in total. The molecule has 0 unspecified atom stereocenters. The Morgan fingerprint density at radius 3 is 2.79 bits per heavy atom. The van der Waals surface area contributed by atoms with Crippen LogP contribution in [0.1, 0.15) is 15.9 Å². The Labute approximate surface area is 82.2 Å². The van der Waals surface area contributed by atoms with Gasteiger partial charge >= 0.3 is 0 Å². The summed E-state index contributed by atoms with van der Waals surface area (Å²) in [5, 5.41) is 9.93. The summed E-state index contributed by atoms with van der Waals surface area (Å²) in [5.41, 5.74) is 2.42. The van der Waals surface area contributed by atoms with E-state index in [-0.39, 0.29) is 5.78 Å². The van der Waals surface area contributed by atoms with Crippen molar-refractivity contribution in [2.75, 3.05) is 7.05 Å². The summed E-state index contributed by atoms with van der Waals surface area (Å²) < 4.78 is 0. The second-order valence-corrected chi connectivity index (χ2v) is 3.39. The van der Waals surface area contributed by atoms with Gasteiger partial charge in [-0.25, -0.2) is 0 Å². The Kier molecular flexibility index (Phi) is 2.09. The van der Waals surface area contributed by atoms with Gasteiger partial charge in [-0.05, 0) is 5.56 Å². The van der Waals surface area contributed by atoms with Crippen molar-refractivity contribution in [1.82, 2.24) is 5.06 Å². The maximum absolute atomic E-state index is 11.7. The molecule has 0 aromatic heterocycles. The number of allylic oxidation sites excluding steroid dienone is 1. The minimum absolute atomic E-state index is 0.0153. The van der Waals surface area contributed by atoms with Crippen molar-refractivity contribution < 1.29 is 10.0 Å². The van der Waals surface area contributed by atoms with Crippen molar-refractivity contribution in [2.45, 2.75) is 6.42 Å². The van der Waals surface area contributed by atoms with Gasteiger partial charge in [0, 0.05) is 30.8 Å². The number of rotatable bonds is 1. The molecule has 0 saturated heterocycles. The summed E-state index contributed by atoms with van der Waals surface area (Å²) in [6.07, 6.45) is 2.07. The van der Waals surface area contributed by atoms with Gasteiger partial charge in [-0.1, -0.05) is 24.3 Å². The van der Waals surface area contributed by atoms with E-state index in [1.54, 1.807) is 0 Å². The first kappa shape index (κ1) is 8.97. The average molecular weight is 189 g/mol. The van der Waals surface area contributed by atoms with Gasteiger partial charge in [0.25, 0.3) is 0 Å². The van der Waals surface area contributed by atoms with Crippen molar-refractivity contribution in [3.63, 3.8) is 0 Å². The Balaban J connectivity index is 2.39. The Morgan fingerprint density at radius 2 is 2.14 bits per heavy atom. The monoisotopic (exact) mass is 189 g/mol. The lowest BCUT2D eigenvalue weighted by molar-refractivity contribution is -0.0138. The third kappa shape index (κ3) is 1.42. The summed E-state index contributed by atoms with van der Waals surface area (Å²) in [7, 11) is 1.49. The van der Waals surface area contributed by atoms with Gasteiger partial charge in [-0.2, -0.15) is 0 Å². The standard InChI is InChI=1S/C11H11NO2/c1-12(14)7-9-6-8-4-2-3-5-10(8)11(9)13/h2-5,7,14H,6H2,1H3/b9-7+. The van der Waals surface area contributed by atoms with Crippen LogP contribution in [0.2, 0.25) is 0 Å². The molecule has 1 aromatic rings. The van der Waals surface area contributed by atoms with Crippen LogP contribution >= 0.6 is 0 Å². The largest absolute Gasteiger partial charge is 0.289 e. The van der Waals surface area contributed by atoms with Gasteiger partial charge in [-0.3, -0.25) is 15.1 Å². The zero-order chi connectivity index (χ0) is 10.1. The molecule has 14 heavy (non-hydrogen) atoms. The van der Waals surface area contributed by atoms with Crippen molar-refractivity contribution in [3.8, 4) is 0 Å². The first-order valence-electron chi connectivity index (χ1n) is 4.43. The first-order chi connectivity index (χ1) is 6.68. The molecule has 3 nitrogen and oxygen atoms in total. The number of hydrogen-bond acceptors (Lipinski definition) is 3. The molecule has 72 valence electrons. The molecule has 0 heterocycles. The quantitative estimate of drug-likeness (QED) is 0.539. The van der Waals surface area contributed by atoms with Crippen LogP contribution in [0.25, 0.3) is 0 Å². The van der Waals surface area contributed by atoms with Crippen molar-refractivity contribution in [3.05, 3.63) is 47.2 Å². The maximum atomic E-state index is 11.7. The predicted molar refractivity (Wildman–Crippen MR) is 52.1 cm³/mol. The summed E-state index contributed by atoms with van der Waals surface area (Å²) in [6.45, 7) is 0. The number of nitrogens with zero attached hydrogens (tertiary/aromatic N) is 1. The number of hydroxylamine groups is 2. The Hall–Kier alpha value is -1.61. The first-order valence-corrected chi connectivity index (χ1v) is 4.43. The van der Waals surface area contributed by atoms with Crippen LogP contribution in [0.3, 0.4) is 0 Å². The molecule has 1 aliphatic carbocycles. The van der Waals surface area contributed by atoms with E-state index in [4.69, 9.17) is 5.21 Å². The van der Waals surface area contributed by atoms with Crippen molar-refractivity contribution in [2.24, 2.45) is 0 Å². The molecule has 0 atom stereocenters. The smallest absolute Gasteiger partial charge is 0.191 e. The van der Waals surface area contributed by atoms with Crippen LogP contribution in [0.15, 0.2) is 36.0 Å². The fraction of sp³-hybridized carbons (Fsp3) is 0.182. The zero-order valence-corrected chi connectivity index (χ0v) is 7.90.